The Morgan fingerprint density at radius 3 is 2.31 bits per heavy atom. The van der Waals surface area contributed by atoms with Gasteiger partial charge in [-0.25, -0.2) is 27.9 Å². The maximum atomic E-state index is 15.5. The van der Waals surface area contributed by atoms with Crippen molar-refractivity contribution in [3.05, 3.63) is 89.9 Å². The molecule has 9 nitrogen and oxygen atoms in total. The summed E-state index contributed by atoms with van der Waals surface area (Å²) in [7, 11) is -2.37. The molecule has 0 radical (unpaired) electrons. The van der Waals surface area contributed by atoms with Gasteiger partial charge >= 0.3 is 5.92 Å². The fraction of sp³-hybridized carbons (Fsp3) is 0.0800. The Hall–Kier alpha value is -4.27. The second-order valence-corrected chi connectivity index (χ2v) is 10.8. The zero-order chi connectivity index (χ0) is 27.8. The van der Waals surface area contributed by atoms with Crippen molar-refractivity contribution in [1.29, 1.82) is 0 Å². The van der Waals surface area contributed by atoms with Crippen LogP contribution in [0.25, 0.3) is 10.2 Å². The van der Waals surface area contributed by atoms with E-state index in [0.717, 1.165) is 35.0 Å². The zero-order valence-corrected chi connectivity index (χ0v) is 21.7. The number of methoxy groups -OCH3 is 1. The van der Waals surface area contributed by atoms with Gasteiger partial charge in [0.2, 0.25) is 16.0 Å². The lowest BCUT2D eigenvalue weighted by molar-refractivity contribution is 0.0380. The minimum absolute atomic E-state index is 0.0106. The highest BCUT2D eigenvalue weighted by molar-refractivity contribution is 7.89. The maximum Gasteiger partial charge on any atom is 0.315 e. The summed E-state index contributed by atoms with van der Waals surface area (Å²) < 4.78 is 73.5. The van der Waals surface area contributed by atoms with Crippen LogP contribution in [0.4, 0.5) is 35.8 Å². The van der Waals surface area contributed by atoms with Crippen LogP contribution >= 0.6 is 11.3 Å². The molecule has 14 heteroatoms. The van der Waals surface area contributed by atoms with E-state index in [2.05, 4.69) is 25.6 Å². The van der Waals surface area contributed by atoms with Gasteiger partial charge in [-0.3, -0.25) is 0 Å². The van der Waals surface area contributed by atoms with Crippen LogP contribution in [-0.2, 0) is 15.9 Å². The molecule has 5 aromatic rings. The van der Waals surface area contributed by atoms with Gasteiger partial charge < -0.3 is 15.4 Å². The van der Waals surface area contributed by atoms with E-state index in [1.54, 1.807) is 25.3 Å². The van der Waals surface area contributed by atoms with E-state index in [-0.39, 0.29) is 16.7 Å². The van der Waals surface area contributed by atoms with Crippen molar-refractivity contribution in [1.82, 2.24) is 15.0 Å². The largest absolute Gasteiger partial charge is 0.497 e. The van der Waals surface area contributed by atoms with Crippen molar-refractivity contribution in [2.24, 2.45) is 5.14 Å². The first-order valence-electron chi connectivity index (χ1n) is 11.2. The molecule has 0 spiro atoms. The predicted molar refractivity (Wildman–Crippen MR) is 142 cm³/mol. The average molecular weight is 573 g/mol. The molecule has 0 atom stereocenters. The van der Waals surface area contributed by atoms with Gasteiger partial charge in [0.05, 0.1) is 22.2 Å². The van der Waals surface area contributed by atoms with Gasteiger partial charge in [-0.1, -0.05) is 11.3 Å². The topological polar surface area (TPSA) is 132 Å². The van der Waals surface area contributed by atoms with Crippen LogP contribution in [0.15, 0.2) is 77.7 Å². The van der Waals surface area contributed by atoms with Gasteiger partial charge in [0.1, 0.15) is 23.1 Å². The van der Waals surface area contributed by atoms with Gasteiger partial charge in [0, 0.05) is 17.3 Å². The minimum Gasteiger partial charge on any atom is -0.497 e. The first-order valence-corrected chi connectivity index (χ1v) is 13.5. The van der Waals surface area contributed by atoms with Crippen LogP contribution in [0.2, 0.25) is 0 Å². The van der Waals surface area contributed by atoms with Gasteiger partial charge in [0.15, 0.2) is 5.13 Å². The highest BCUT2D eigenvalue weighted by Crippen LogP contribution is 2.37. The molecule has 5 rings (SSSR count). The van der Waals surface area contributed by atoms with Gasteiger partial charge in [-0.05, 0) is 66.7 Å². The Labute approximate surface area is 224 Å². The van der Waals surface area contributed by atoms with Gasteiger partial charge in [-0.15, -0.1) is 0 Å². The number of hydrogen-bond donors (Lipinski definition) is 3. The number of sulfonamides is 1. The summed E-state index contributed by atoms with van der Waals surface area (Å²) in [5.41, 5.74) is -0.146. The molecule has 2 aromatic heterocycles. The third-order valence-corrected chi connectivity index (χ3v) is 7.39. The predicted octanol–water partition coefficient (Wildman–Crippen LogP) is 5.51. The summed E-state index contributed by atoms with van der Waals surface area (Å²) >= 11 is 1.27. The van der Waals surface area contributed by atoms with E-state index in [1.807, 2.05) is 0 Å². The molecule has 4 N–H and O–H groups in total. The molecular formula is C25H19F3N6O3S2. The first-order chi connectivity index (χ1) is 18.5. The first kappa shape index (κ1) is 26.3. The smallest absolute Gasteiger partial charge is 0.315 e. The quantitative estimate of drug-likeness (QED) is 0.222. The molecule has 0 unspecified atom stereocenters. The third-order valence-electron chi connectivity index (χ3n) is 5.52. The van der Waals surface area contributed by atoms with E-state index < -0.39 is 33.0 Å². The third kappa shape index (κ3) is 5.77. The van der Waals surface area contributed by atoms with Crippen LogP contribution in [0.3, 0.4) is 0 Å². The number of rotatable bonds is 8. The number of alkyl halides is 2. The zero-order valence-electron chi connectivity index (χ0n) is 20.0. The Balaban J connectivity index is 1.53. The summed E-state index contributed by atoms with van der Waals surface area (Å²) in [6.45, 7) is 0. The van der Waals surface area contributed by atoms with E-state index in [0.29, 0.717) is 22.1 Å². The molecule has 2 heterocycles. The lowest BCUT2D eigenvalue weighted by atomic mass is 10.1. The number of ether oxygens (including phenoxy) is 1. The number of halogens is 3. The maximum absolute atomic E-state index is 15.5. The number of primary sulfonamides is 1. The SMILES string of the molecule is COc1ccc2nc(Nc3cc(C(F)(F)c4ccc(F)cc4)nc(Nc4ccc(S(N)(=O)=O)cc4)n3)sc2c1. The Morgan fingerprint density at radius 1 is 0.923 bits per heavy atom. The van der Waals surface area contributed by atoms with Crippen LogP contribution in [-0.4, -0.2) is 30.5 Å². The molecule has 0 aliphatic rings. The summed E-state index contributed by atoms with van der Waals surface area (Å²) in [6.07, 6.45) is 0. The number of hydrogen-bond acceptors (Lipinski definition) is 9. The molecular weight excluding hydrogens is 553 g/mol. The summed E-state index contributed by atoms with van der Waals surface area (Å²) in [4.78, 5) is 12.6. The summed E-state index contributed by atoms with van der Waals surface area (Å²) in [6, 6.07) is 15.5. The fourth-order valence-corrected chi connectivity index (χ4v) is 5.00. The molecule has 0 fully saturated rings. The van der Waals surface area contributed by atoms with Crippen molar-refractivity contribution >= 4 is 54.2 Å². The monoisotopic (exact) mass is 572 g/mol. The van der Waals surface area contributed by atoms with Crippen LogP contribution in [0, 0.1) is 5.82 Å². The summed E-state index contributed by atoms with van der Waals surface area (Å²) in [5.74, 6) is -3.82. The number of benzene rings is 3. The molecule has 3 aromatic carbocycles. The number of fused-ring (bicyclic) bond motifs is 1. The minimum atomic E-state index is -3.92. The van der Waals surface area contributed by atoms with E-state index >= 15 is 8.78 Å². The number of aromatic nitrogens is 3. The fourth-order valence-electron chi connectivity index (χ4n) is 3.59. The van der Waals surface area contributed by atoms with Crippen LogP contribution < -0.4 is 20.5 Å². The van der Waals surface area contributed by atoms with Crippen molar-refractivity contribution in [3.63, 3.8) is 0 Å². The van der Waals surface area contributed by atoms with Gasteiger partial charge in [0.25, 0.3) is 0 Å². The Morgan fingerprint density at radius 2 is 1.64 bits per heavy atom. The molecule has 0 bridgehead atoms. The highest BCUT2D eigenvalue weighted by atomic mass is 32.2. The van der Waals surface area contributed by atoms with Crippen molar-refractivity contribution < 1.29 is 26.3 Å². The molecule has 0 aliphatic carbocycles. The number of nitrogens with one attached hydrogen (secondary N) is 2. The second kappa shape index (κ2) is 10.1. The van der Waals surface area contributed by atoms with Gasteiger partial charge in [-0.2, -0.15) is 13.8 Å². The van der Waals surface area contributed by atoms with Crippen LogP contribution in [0.1, 0.15) is 11.3 Å². The molecule has 0 saturated carbocycles. The normalized spacial score (nSPS) is 11.9. The number of anilines is 4. The molecule has 39 heavy (non-hydrogen) atoms. The lowest BCUT2D eigenvalue weighted by Crippen LogP contribution is -2.19. The number of nitrogens with two attached hydrogens (primary N) is 1. The standard InChI is InChI=1S/C25H19F3N6O3S2/c1-37-17-8-11-19-20(12-17)38-24(31-19)34-22-13-21(25(27,28)14-2-4-15(26)5-3-14)32-23(33-22)30-16-6-9-18(10-7-16)39(29,35)36/h2-13H,1H3,(H2,29,35,36)(H2,30,31,32,33,34). The van der Waals surface area contributed by atoms with Crippen LogP contribution in [0.5, 0.6) is 5.75 Å². The number of thiazole rings is 1. The lowest BCUT2D eigenvalue weighted by Gasteiger charge is -2.18. The van der Waals surface area contributed by atoms with Crippen molar-refractivity contribution in [3.8, 4) is 5.75 Å². The molecule has 0 amide bonds. The molecule has 200 valence electrons. The molecule has 0 aliphatic heterocycles. The highest BCUT2D eigenvalue weighted by Gasteiger charge is 2.37. The van der Waals surface area contributed by atoms with E-state index in [1.165, 1.54) is 35.6 Å². The second-order valence-electron chi connectivity index (χ2n) is 8.22. The van der Waals surface area contributed by atoms with Crippen molar-refractivity contribution in [2.75, 3.05) is 17.7 Å². The number of nitrogens with zero attached hydrogens (tertiary/aromatic N) is 3. The van der Waals surface area contributed by atoms with E-state index in [4.69, 9.17) is 9.88 Å². The van der Waals surface area contributed by atoms with E-state index in [9.17, 15) is 12.8 Å². The van der Waals surface area contributed by atoms with Crippen molar-refractivity contribution in [2.45, 2.75) is 10.8 Å². The summed E-state index contributed by atoms with van der Waals surface area (Å²) in [5, 5.41) is 11.3. The Kier molecular flexibility index (Phi) is 6.84. The average Bonchev–Trinajstić information content (AvgIpc) is 3.30. The Bertz CT molecular complexity index is 1760. The molecule has 0 saturated heterocycles.